The normalized spacial score (nSPS) is 49.1. The Morgan fingerprint density at radius 1 is 1.05 bits per heavy atom. The number of nitrogens with one attached hydrogen (secondary N) is 1. The zero-order valence-electron chi connectivity index (χ0n) is 13.9. The summed E-state index contributed by atoms with van der Waals surface area (Å²) in [5.41, 5.74) is 0. The highest BCUT2D eigenvalue weighted by atomic mass is 16.5. The Kier molecular flexibility index (Phi) is 4.46. The van der Waals surface area contributed by atoms with Gasteiger partial charge < -0.3 is 15.2 Å². The summed E-state index contributed by atoms with van der Waals surface area (Å²) in [6, 6.07) is 2.06. The first-order valence-corrected chi connectivity index (χ1v) is 9.44. The number of aliphatic hydroxyl groups excluding tert-OH is 1. The largest absolute Gasteiger partial charge is 0.392 e. The van der Waals surface area contributed by atoms with Crippen molar-refractivity contribution in [2.24, 2.45) is 11.8 Å². The van der Waals surface area contributed by atoms with Crippen LogP contribution in [0, 0.1) is 11.8 Å². The Morgan fingerprint density at radius 3 is 2.45 bits per heavy atom. The molecular weight excluding hydrogens is 276 g/mol. The molecule has 0 aromatic carbocycles. The topological polar surface area (TPSA) is 44.7 Å². The number of methoxy groups -OCH3 is 1. The van der Waals surface area contributed by atoms with Crippen molar-refractivity contribution in [3.05, 3.63) is 0 Å². The molecule has 1 saturated heterocycles. The van der Waals surface area contributed by atoms with E-state index in [1.54, 1.807) is 0 Å². The van der Waals surface area contributed by atoms with Crippen LogP contribution in [0.3, 0.4) is 0 Å². The van der Waals surface area contributed by atoms with Gasteiger partial charge in [-0.05, 0) is 56.8 Å². The molecule has 0 bridgehead atoms. The molecule has 7 atom stereocenters. The van der Waals surface area contributed by atoms with Gasteiger partial charge in [0.1, 0.15) is 0 Å². The molecule has 0 radical (unpaired) electrons. The summed E-state index contributed by atoms with van der Waals surface area (Å²) in [5, 5.41) is 13.8. The third-order valence-electron chi connectivity index (χ3n) is 6.90. The van der Waals surface area contributed by atoms with Gasteiger partial charge in [0.2, 0.25) is 0 Å². The molecule has 4 fully saturated rings. The van der Waals surface area contributed by atoms with E-state index in [4.69, 9.17) is 4.74 Å². The van der Waals surface area contributed by atoms with Crippen molar-refractivity contribution in [2.45, 2.75) is 81.7 Å². The van der Waals surface area contributed by atoms with Crippen molar-refractivity contribution in [2.75, 3.05) is 20.2 Å². The highest BCUT2D eigenvalue weighted by molar-refractivity contribution is 4.99. The monoisotopic (exact) mass is 308 g/mol. The van der Waals surface area contributed by atoms with E-state index < -0.39 is 0 Å². The van der Waals surface area contributed by atoms with E-state index in [0.717, 1.165) is 37.4 Å². The fraction of sp³-hybridized carbons (Fsp3) is 1.00. The highest BCUT2D eigenvalue weighted by Gasteiger charge is 2.43. The smallest absolute Gasteiger partial charge is 0.0679 e. The third-order valence-corrected chi connectivity index (χ3v) is 6.90. The summed E-state index contributed by atoms with van der Waals surface area (Å²) < 4.78 is 5.56. The van der Waals surface area contributed by atoms with Gasteiger partial charge in [-0.15, -0.1) is 0 Å². The van der Waals surface area contributed by atoms with E-state index in [9.17, 15) is 5.11 Å². The van der Waals surface area contributed by atoms with Crippen molar-refractivity contribution in [3.63, 3.8) is 0 Å². The van der Waals surface area contributed by atoms with Gasteiger partial charge in [0.25, 0.3) is 0 Å². The molecule has 0 amide bonds. The van der Waals surface area contributed by atoms with Crippen LogP contribution >= 0.6 is 0 Å². The van der Waals surface area contributed by atoms with Gasteiger partial charge in [-0.2, -0.15) is 0 Å². The molecule has 4 nitrogen and oxygen atoms in total. The number of hydrogen-bond donors (Lipinski definition) is 2. The van der Waals surface area contributed by atoms with Crippen molar-refractivity contribution in [1.29, 1.82) is 0 Å². The molecule has 4 heteroatoms. The van der Waals surface area contributed by atoms with Crippen LogP contribution in [0.1, 0.15) is 51.4 Å². The Bertz CT molecular complexity index is 377. The van der Waals surface area contributed by atoms with Crippen molar-refractivity contribution in [3.8, 4) is 0 Å². The van der Waals surface area contributed by atoms with E-state index in [2.05, 4.69) is 10.2 Å². The minimum Gasteiger partial charge on any atom is -0.392 e. The lowest BCUT2D eigenvalue weighted by Crippen LogP contribution is -2.49. The van der Waals surface area contributed by atoms with Gasteiger partial charge in [0, 0.05) is 38.3 Å². The molecule has 4 rings (SSSR count). The van der Waals surface area contributed by atoms with Gasteiger partial charge in [0.05, 0.1) is 12.2 Å². The van der Waals surface area contributed by atoms with Gasteiger partial charge in [0.15, 0.2) is 0 Å². The third kappa shape index (κ3) is 2.95. The van der Waals surface area contributed by atoms with Crippen LogP contribution in [0.5, 0.6) is 0 Å². The summed E-state index contributed by atoms with van der Waals surface area (Å²) in [6.07, 6.45) is 10.7. The molecule has 1 aliphatic heterocycles. The molecule has 4 aliphatic rings. The van der Waals surface area contributed by atoms with E-state index in [-0.39, 0.29) is 6.10 Å². The van der Waals surface area contributed by atoms with E-state index in [1.165, 1.54) is 44.9 Å². The number of likely N-dealkylation sites (tertiary alicyclic amines) is 1. The van der Waals surface area contributed by atoms with E-state index in [0.29, 0.717) is 18.2 Å². The second-order valence-corrected chi connectivity index (χ2v) is 8.23. The van der Waals surface area contributed by atoms with Crippen LogP contribution in [0.15, 0.2) is 0 Å². The Morgan fingerprint density at radius 2 is 1.82 bits per heavy atom. The van der Waals surface area contributed by atoms with Gasteiger partial charge in [-0.1, -0.05) is 6.42 Å². The molecule has 22 heavy (non-hydrogen) atoms. The average Bonchev–Trinajstić information content (AvgIpc) is 3.22. The van der Waals surface area contributed by atoms with Crippen LogP contribution in [-0.4, -0.2) is 60.5 Å². The quantitative estimate of drug-likeness (QED) is 0.831. The molecule has 2 N–H and O–H groups in total. The maximum absolute atomic E-state index is 9.81. The summed E-state index contributed by atoms with van der Waals surface area (Å²) >= 11 is 0. The molecule has 0 aromatic rings. The number of β-amino-alcohol motifs (C(OH)–C–C–N with tert-alkyl or cyclic N) is 1. The van der Waals surface area contributed by atoms with Gasteiger partial charge in [-0.25, -0.2) is 0 Å². The van der Waals surface area contributed by atoms with Crippen LogP contribution in [0.25, 0.3) is 0 Å². The standard InChI is InChI=1S/C18H32N2O2/c1-22-16-9-12-7-14(8-13(12)10-16)19-17-3-2-4-18(17)20-6-5-15(21)11-20/h12-19,21H,2-11H2,1H3/t12-,13+,14?,15?,16?,17-,18+/m1/s1. The molecule has 1 heterocycles. The minimum atomic E-state index is -0.0851. The first kappa shape index (κ1) is 15.4. The summed E-state index contributed by atoms with van der Waals surface area (Å²) in [7, 11) is 1.87. The van der Waals surface area contributed by atoms with Crippen molar-refractivity contribution < 1.29 is 9.84 Å². The zero-order chi connectivity index (χ0) is 15.1. The summed E-state index contributed by atoms with van der Waals surface area (Å²) in [5.74, 6) is 1.80. The number of rotatable bonds is 4. The Labute approximate surface area is 134 Å². The summed E-state index contributed by atoms with van der Waals surface area (Å²) in [4.78, 5) is 2.55. The fourth-order valence-corrected chi connectivity index (χ4v) is 5.83. The Balaban J connectivity index is 1.30. The minimum absolute atomic E-state index is 0.0851. The molecule has 3 aliphatic carbocycles. The van der Waals surface area contributed by atoms with Gasteiger partial charge >= 0.3 is 0 Å². The number of aliphatic hydroxyl groups is 1. The first-order chi connectivity index (χ1) is 10.7. The number of fused-ring (bicyclic) bond motifs is 1. The SMILES string of the molecule is COC1C[C@H]2CC(N[C@@H]3CCC[C@@H]3N3CCC(O)C3)C[C@H]2C1. The molecule has 126 valence electrons. The lowest BCUT2D eigenvalue weighted by atomic mass is 10.0. The number of hydrogen-bond acceptors (Lipinski definition) is 4. The van der Waals surface area contributed by atoms with Crippen LogP contribution < -0.4 is 5.32 Å². The molecule has 3 unspecified atom stereocenters. The lowest BCUT2D eigenvalue weighted by Gasteiger charge is -2.32. The second kappa shape index (κ2) is 6.39. The number of ether oxygens (including phenoxy) is 1. The van der Waals surface area contributed by atoms with E-state index in [1.807, 2.05) is 7.11 Å². The molecule has 0 spiro atoms. The Hall–Kier alpha value is -0.160. The molecule has 0 aromatic heterocycles. The van der Waals surface area contributed by atoms with Crippen LogP contribution in [-0.2, 0) is 4.74 Å². The van der Waals surface area contributed by atoms with Crippen molar-refractivity contribution >= 4 is 0 Å². The molecular formula is C18H32N2O2. The maximum atomic E-state index is 9.81. The zero-order valence-corrected chi connectivity index (χ0v) is 13.9. The lowest BCUT2D eigenvalue weighted by molar-refractivity contribution is 0.0994. The van der Waals surface area contributed by atoms with Gasteiger partial charge in [-0.3, -0.25) is 4.90 Å². The predicted molar refractivity (Wildman–Crippen MR) is 86.8 cm³/mol. The number of nitrogens with zero attached hydrogens (tertiary/aromatic N) is 1. The predicted octanol–water partition coefficient (Wildman–Crippen LogP) is 1.77. The summed E-state index contributed by atoms with van der Waals surface area (Å²) in [6.45, 7) is 1.99. The highest BCUT2D eigenvalue weighted by Crippen LogP contribution is 2.45. The van der Waals surface area contributed by atoms with E-state index >= 15 is 0 Å². The van der Waals surface area contributed by atoms with Crippen LogP contribution in [0.4, 0.5) is 0 Å². The fourth-order valence-electron chi connectivity index (χ4n) is 5.83. The molecule has 3 saturated carbocycles. The van der Waals surface area contributed by atoms with Crippen LogP contribution in [0.2, 0.25) is 0 Å². The first-order valence-electron chi connectivity index (χ1n) is 9.44. The van der Waals surface area contributed by atoms with Crippen molar-refractivity contribution in [1.82, 2.24) is 10.2 Å². The maximum Gasteiger partial charge on any atom is 0.0679 e. The second-order valence-electron chi connectivity index (χ2n) is 8.23. The average molecular weight is 308 g/mol.